The summed E-state index contributed by atoms with van der Waals surface area (Å²) in [5.41, 5.74) is 3.42. The van der Waals surface area contributed by atoms with Crippen LogP contribution in [-0.2, 0) is 22.6 Å². The van der Waals surface area contributed by atoms with Crippen molar-refractivity contribution in [1.82, 2.24) is 5.32 Å². The highest BCUT2D eigenvalue weighted by atomic mass is 35.5. The van der Waals surface area contributed by atoms with Crippen LogP contribution in [0.1, 0.15) is 16.7 Å². The lowest BCUT2D eigenvalue weighted by Crippen LogP contribution is -2.32. The number of rotatable bonds is 6. The summed E-state index contributed by atoms with van der Waals surface area (Å²) in [6.07, 6.45) is 0.431. The Labute approximate surface area is 208 Å². The molecule has 5 nitrogen and oxygen atoms in total. The van der Waals surface area contributed by atoms with Crippen LogP contribution in [-0.4, -0.2) is 17.1 Å². The van der Waals surface area contributed by atoms with E-state index in [1.165, 1.54) is 16.7 Å². The maximum absolute atomic E-state index is 13.5. The van der Waals surface area contributed by atoms with Crippen LogP contribution >= 0.6 is 23.4 Å². The first-order chi connectivity index (χ1) is 16.5. The van der Waals surface area contributed by atoms with E-state index >= 15 is 0 Å². The van der Waals surface area contributed by atoms with Crippen LogP contribution in [0.2, 0.25) is 5.02 Å². The van der Waals surface area contributed by atoms with Gasteiger partial charge in [0.1, 0.15) is 16.7 Å². The summed E-state index contributed by atoms with van der Waals surface area (Å²) in [4.78, 5) is 28.0. The Morgan fingerprint density at radius 1 is 1.06 bits per heavy atom. The number of amides is 2. The van der Waals surface area contributed by atoms with E-state index in [-0.39, 0.29) is 18.0 Å². The minimum atomic E-state index is -0.512. The number of benzene rings is 3. The van der Waals surface area contributed by atoms with Gasteiger partial charge in [-0.3, -0.25) is 14.5 Å². The number of nitriles is 1. The van der Waals surface area contributed by atoms with Crippen molar-refractivity contribution >= 4 is 40.9 Å². The molecule has 1 heterocycles. The van der Waals surface area contributed by atoms with Crippen molar-refractivity contribution < 1.29 is 9.59 Å². The zero-order valence-corrected chi connectivity index (χ0v) is 20.1. The summed E-state index contributed by atoms with van der Waals surface area (Å²) in [6, 6.07) is 26.3. The van der Waals surface area contributed by atoms with Crippen molar-refractivity contribution in [3.8, 4) is 6.07 Å². The average Bonchev–Trinajstić information content (AvgIpc) is 3.15. The van der Waals surface area contributed by atoms with Gasteiger partial charge >= 0.3 is 0 Å². The van der Waals surface area contributed by atoms with E-state index in [0.717, 1.165) is 16.7 Å². The van der Waals surface area contributed by atoms with Crippen molar-refractivity contribution in [3.63, 3.8) is 0 Å². The molecular formula is C27H22ClN3O2S. The van der Waals surface area contributed by atoms with E-state index in [1.807, 2.05) is 85.8 Å². The third-order valence-corrected chi connectivity index (χ3v) is 6.90. The second-order valence-corrected chi connectivity index (χ2v) is 9.54. The number of nitrogens with one attached hydrogen (secondary N) is 1. The van der Waals surface area contributed by atoms with E-state index in [1.54, 1.807) is 6.07 Å². The van der Waals surface area contributed by atoms with Gasteiger partial charge in [-0.05, 0) is 48.7 Å². The molecule has 4 rings (SSSR count). The zero-order valence-electron chi connectivity index (χ0n) is 18.5. The van der Waals surface area contributed by atoms with Crippen molar-refractivity contribution in [2.45, 2.75) is 25.1 Å². The summed E-state index contributed by atoms with van der Waals surface area (Å²) < 4.78 is 0. The number of hydrogen-bond acceptors (Lipinski definition) is 4. The zero-order chi connectivity index (χ0) is 24.1. The van der Waals surface area contributed by atoms with E-state index in [0.29, 0.717) is 22.2 Å². The van der Waals surface area contributed by atoms with Gasteiger partial charge in [0.15, 0.2) is 0 Å². The smallest absolute Gasteiger partial charge is 0.264 e. The Bertz CT molecular complexity index is 1280. The Kier molecular flexibility index (Phi) is 7.36. The van der Waals surface area contributed by atoms with Gasteiger partial charge in [0.2, 0.25) is 5.91 Å². The normalized spacial score (nSPS) is 16.8. The maximum atomic E-state index is 13.5. The second-order valence-electron chi connectivity index (χ2n) is 7.91. The molecule has 34 heavy (non-hydrogen) atoms. The molecule has 0 unspecified atom stereocenters. The molecule has 7 heteroatoms. The maximum Gasteiger partial charge on any atom is 0.264 e. The van der Waals surface area contributed by atoms with Gasteiger partial charge in [-0.25, -0.2) is 0 Å². The van der Waals surface area contributed by atoms with E-state index in [4.69, 9.17) is 11.6 Å². The Hall–Kier alpha value is -3.53. The van der Waals surface area contributed by atoms with E-state index in [9.17, 15) is 14.9 Å². The minimum absolute atomic E-state index is 0.0801. The van der Waals surface area contributed by atoms with Crippen LogP contribution in [0.4, 0.5) is 5.69 Å². The lowest BCUT2D eigenvalue weighted by Gasteiger charge is -2.19. The van der Waals surface area contributed by atoms with Crippen molar-refractivity contribution in [1.29, 1.82) is 5.26 Å². The molecule has 2 amide bonds. The van der Waals surface area contributed by atoms with Gasteiger partial charge in [-0.2, -0.15) is 5.26 Å². The summed E-state index contributed by atoms with van der Waals surface area (Å²) in [6.45, 7) is 2.24. The number of halogens is 1. The quantitative estimate of drug-likeness (QED) is 0.373. The van der Waals surface area contributed by atoms with Gasteiger partial charge in [-0.1, -0.05) is 83.5 Å². The molecule has 1 atom stereocenters. The number of hydrogen-bond donors (Lipinski definition) is 1. The van der Waals surface area contributed by atoms with Crippen molar-refractivity contribution in [3.05, 3.63) is 111 Å². The predicted molar refractivity (Wildman–Crippen MR) is 136 cm³/mol. The molecule has 0 radical (unpaired) electrons. The van der Waals surface area contributed by atoms with Crippen LogP contribution in [0, 0.1) is 18.3 Å². The monoisotopic (exact) mass is 487 g/mol. The van der Waals surface area contributed by atoms with Crippen LogP contribution in [0.5, 0.6) is 0 Å². The van der Waals surface area contributed by atoms with Gasteiger partial charge in [-0.15, -0.1) is 0 Å². The number of anilines is 1. The minimum Gasteiger partial charge on any atom is -0.347 e. The van der Waals surface area contributed by atoms with Crippen LogP contribution < -0.4 is 10.2 Å². The highest BCUT2D eigenvalue weighted by Crippen LogP contribution is 2.42. The molecule has 0 aliphatic carbocycles. The summed E-state index contributed by atoms with van der Waals surface area (Å²) in [5, 5.41) is 13.2. The summed E-state index contributed by atoms with van der Waals surface area (Å²) in [7, 11) is 0. The molecule has 0 aromatic heterocycles. The fraction of sp³-hybridized carbons (Fsp3) is 0.148. The first-order valence-corrected chi connectivity index (χ1v) is 12.0. The Balaban J connectivity index is 1.67. The van der Waals surface area contributed by atoms with E-state index in [2.05, 4.69) is 5.32 Å². The van der Waals surface area contributed by atoms with Crippen LogP contribution in [0.15, 0.2) is 89.5 Å². The molecule has 1 aliphatic heterocycles. The van der Waals surface area contributed by atoms with Gasteiger partial charge in [0.25, 0.3) is 5.91 Å². The standard InChI is InChI=1S/C27H22ClN3O2S/c1-18-10-12-22(13-11-18)31-26(33)24(15-20-8-5-9-21(28)14-20)34-27(31)23(16-29)25(32)30-17-19-6-3-2-4-7-19/h2-14,24H,15,17H2,1H3,(H,30,32)/b27-23+/t24-/m0/s1. The Morgan fingerprint density at radius 2 is 1.76 bits per heavy atom. The van der Waals surface area contributed by atoms with E-state index < -0.39 is 11.2 Å². The highest BCUT2D eigenvalue weighted by molar-refractivity contribution is 8.05. The molecule has 1 N–H and O–H groups in total. The SMILES string of the molecule is Cc1ccc(N2C(=O)[C@H](Cc3cccc(Cl)c3)S/C2=C(\C#N)C(=O)NCc2ccccc2)cc1. The van der Waals surface area contributed by atoms with Crippen molar-refractivity contribution in [2.75, 3.05) is 4.90 Å². The molecule has 1 fully saturated rings. The van der Waals surface area contributed by atoms with Gasteiger partial charge in [0.05, 0.1) is 5.25 Å². The second kappa shape index (κ2) is 10.6. The van der Waals surface area contributed by atoms with Crippen LogP contribution in [0.3, 0.4) is 0 Å². The molecule has 0 saturated carbocycles. The van der Waals surface area contributed by atoms with Crippen LogP contribution in [0.25, 0.3) is 0 Å². The molecule has 0 bridgehead atoms. The topological polar surface area (TPSA) is 73.2 Å². The molecule has 0 spiro atoms. The summed E-state index contributed by atoms with van der Waals surface area (Å²) in [5.74, 6) is -0.686. The first-order valence-electron chi connectivity index (χ1n) is 10.7. The molecule has 3 aromatic carbocycles. The number of aryl methyl sites for hydroxylation is 1. The fourth-order valence-corrected chi connectivity index (χ4v) is 5.18. The van der Waals surface area contributed by atoms with Gasteiger partial charge < -0.3 is 5.32 Å². The number of carbonyl (C=O) groups is 2. The summed E-state index contributed by atoms with van der Waals surface area (Å²) >= 11 is 7.37. The largest absolute Gasteiger partial charge is 0.347 e. The Morgan fingerprint density at radius 3 is 2.44 bits per heavy atom. The van der Waals surface area contributed by atoms with Crippen molar-refractivity contribution in [2.24, 2.45) is 0 Å². The molecule has 1 aliphatic rings. The third-order valence-electron chi connectivity index (χ3n) is 5.40. The number of thioether (sulfide) groups is 1. The first kappa shape index (κ1) is 23.6. The number of nitrogens with zero attached hydrogens (tertiary/aromatic N) is 2. The molecule has 1 saturated heterocycles. The van der Waals surface area contributed by atoms with Gasteiger partial charge in [0, 0.05) is 17.3 Å². The average molecular weight is 488 g/mol. The fourth-order valence-electron chi connectivity index (χ4n) is 3.66. The lowest BCUT2D eigenvalue weighted by molar-refractivity contribution is -0.117. The predicted octanol–water partition coefficient (Wildman–Crippen LogP) is 5.39. The molecular weight excluding hydrogens is 466 g/mol. The number of carbonyl (C=O) groups excluding carboxylic acids is 2. The lowest BCUT2D eigenvalue weighted by atomic mass is 10.1. The molecule has 3 aromatic rings. The molecule has 170 valence electrons. The third kappa shape index (κ3) is 5.33. The highest BCUT2D eigenvalue weighted by Gasteiger charge is 2.40.